The molecule has 1 saturated heterocycles. The van der Waals surface area contributed by atoms with Crippen LogP contribution in [-0.4, -0.2) is 46.9 Å². The fourth-order valence-corrected chi connectivity index (χ4v) is 3.66. The van der Waals surface area contributed by atoms with Gasteiger partial charge in [0.15, 0.2) is 0 Å². The number of anilines is 1. The van der Waals surface area contributed by atoms with Crippen LogP contribution in [0.15, 0.2) is 47.4 Å². The van der Waals surface area contributed by atoms with Crippen LogP contribution in [0.1, 0.15) is 5.56 Å². The molecule has 0 aliphatic carbocycles. The Kier molecular flexibility index (Phi) is 7.09. The molecule has 2 aromatic rings. The third-order valence-corrected chi connectivity index (χ3v) is 5.45. The standard InChI is InChI=1S/C19H21ClN2O6S/c20-16-4-2-1-3-13(16)9-19(23)22-14-5-6-17(18(10-14)29(21,24)25)28-12-15-11-26-7-8-27-15/h1-6,10,15H,7-9,11-12H2,(H,22,23)(H2,21,24,25). The molecule has 29 heavy (non-hydrogen) atoms. The number of carbonyl (C=O) groups is 1. The maximum atomic E-state index is 12.3. The van der Waals surface area contributed by atoms with Gasteiger partial charge in [0.05, 0.1) is 26.2 Å². The molecule has 0 bridgehead atoms. The number of nitrogens with one attached hydrogen (secondary N) is 1. The van der Waals surface area contributed by atoms with Crippen molar-refractivity contribution in [1.82, 2.24) is 0 Å². The van der Waals surface area contributed by atoms with Crippen LogP contribution in [-0.2, 0) is 30.7 Å². The predicted molar refractivity (Wildman–Crippen MR) is 108 cm³/mol. The number of halogens is 1. The maximum absolute atomic E-state index is 12.3. The van der Waals surface area contributed by atoms with E-state index in [1.165, 1.54) is 18.2 Å². The summed E-state index contributed by atoms with van der Waals surface area (Å²) < 4.78 is 40.3. The van der Waals surface area contributed by atoms with Crippen LogP contribution in [0.2, 0.25) is 5.02 Å². The van der Waals surface area contributed by atoms with Gasteiger partial charge < -0.3 is 19.5 Å². The maximum Gasteiger partial charge on any atom is 0.241 e. The minimum absolute atomic E-state index is 0.0433. The molecular weight excluding hydrogens is 420 g/mol. The van der Waals surface area contributed by atoms with E-state index in [1.54, 1.807) is 24.3 Å². The molecule has 10 heteroatoms. The SMILES string of the molecule is NS(=O)(=O)c1cc(NC(=O)Cc2ccccc2Cl)ccc1OCC1COCCO1. The van der Waals surface area contributed by atoms with Crippen LogP contribution in [0, 0.1) is 0 Å². The van der Waals surface area contributed by atoms with Crippen molar-refractivity contribution in [2.24, 2.45) is 5.14 Å². The second-order valence-corrected chi connectivity index (χ2v) is 8.34. The number of amides is 1. The largest absolute Gasteiger partial charge is 0.489 e. The van der Waals surface area contributed by atoms with Gasteiger partial charge in [0, 0.05) is 10.7 Å². The Morgan fingerprint density at radius 3 is 2.72 bits per heavy atom. The Morgan fingerprint density at radius 2 is 2.03 bits per heavy atom. The zero-order valence-electron chi connectivity index (χ0n) is 15.5. The first-order valence-electron chi connectivity index (χ1n) is 8.85. The van der Waals surface area contributed by atoms with E-state index in [-0.39, 0.29) is 41.4 Å². The van der Waals surface area contributed by atoms with E-state index in [0.717, 1.165) is 0 Å². The number of carbonyl (C=O) groups excluding carboxylic acids is 1. The first-order valence-corrected chi connectivity index (χ1v) is 10.8. The highest BCUT2D eigenvalue weighted by Crippen LogP contribution is 2.27. The molecule has 156 valence electrons. The Bertz CT molecular complexity index is 976. The topological polar surface area (TPSA) is 117 Å². The predicted octanol–water partition coefficient (Wildman–Crippen LogP) is 1.96. The number of benzene rings is 2. The molecule has 1 heterocycles. The van der Waals surface area contributed by atoms with Crippen LogP contribution < -0.4 is 15.2 Å². The number of hydrogen-bond acceptors (Lipinski definition) is 6. The molecule has 3 N–H and O–H groups in total. The Morgan fingerprint density at radius 1 is 1.24 bits per heavy atom. The van der Waals surface area contributed by atoms with Gasteiger partial charge in [0.25, 0.3) is 0 Å². The normalized spacial score (nSPS) is 17.0. The van der Waals surface area contributed by atoms with Gasteiger partial charge in [-0.15, -0.1) is 0 Å². The first kappa shape index (κ1) is 21.5. The van der Waals surface area contributed by atoms with Crippen LogP contribution in [0.3, 0.4) is 0 Å². The number of rotatable bonds is 7. The van der Waals surface area contributed by atoms with Gasteiger partial charge in [-0.2, -0.15) is 0 Å². The lowest BCUT2D eigenvalue weighted by Gasteiger charge is -2.23. The Hall–Kier alpha value is -2.17. The molecular formula is C19H21ClN2O6S. The number of primary sulfonamides is 1. The van der Waals surface area contributed by atoms with Crippen LogP contribution in [0.25, 0.3) is 0 Å². The highest BCUT2D eigenvalue weighted by atomic mass is 35.5. The summed E-state index contributed by atoms with van der Waals surface area (Å²) >= 11 is 6.06. The van der Waals surface area contributed by atoms with Crippen LogP contribution in [0.4, 0.5) is 5.69 Å². The fraction of sp³-hybridized carbons (Fsp3) is 0.316. The van der Waals surface area contributed by atoms with Gasteiger partial charge in [-0.05, 0) is 29.8 Å². The van der Waals surface area contributed by atoms with Crippen molar-refractivity contribution in [2.75, 3.05) is 31.7 Å². The summed E-state index contributed by atoms with van der Waals surface area (Å²) in [6, 6.07) is 11.2. The summed E-state index contributed by atoms with van der Waals surface area (Å²) in [4.78, 5) is 12.1. The van der Waals surface area contributed by atoms with Gasteiger partial charge in [0.1, 0.15) is 23.4 Å². The molecule has 1 aliphatic heterocycles. The second-order valence-electron chi connectivity index (χ2n) is 6.40. The molecule has 0 saturated carbocycles. The molecule has 0 aromatic heterocycles. The average Bonchev–Trinajstić information content (AvgIpc) is 2.69. The summed E-state index contributed by atoms with van der Waals surface area (Å²) in [5.74, 6) is -0.273. The molecule has 0 spiro atoms. The average molecular weight is 441 g/mol. The molecule has 1 amide bonds. The summed E-state index contributed by atoms with van der Waals surface area (Å²) in [5.41, 5.74) is 0.934. The van der Waals surface area contributed by atoms with Crippen molar-refractivity contribution in [3.05, 3.63) is 53.1 Å². The van der Waals surface area contributed by atoms with Crippen molar-refractivity contribution in [3.63, 3.8) is 0 Å². The molecule has 1 aliphatic rings. The molecule has 3 rings (SSSR count). The summed E-state index contributed by atoms with van der Waals surface area (Å²) in [6.07, 6.45) is -0.256. The zero-order chi connectivity index (χ0) is 20.9. The van der Waals surface area contributed by atoms with Crippen molar-refractivity contribution in [1.29, 1.82) is 0 Å². The Balaban J connectivity index is 1.71. The van der Waals surface area contributed by atoms with E-state index in [2.05, 4.69) is 5.32 Å². The van der Waals surface area contributed by atoms with Crippen molar-refractivity contribution in [2.45, 2.75) is 17.4 Å². The van der Waals surface area contributed by atoms with Gasteiger partial charge in [-0.3, -0.25) is 4.79 Å². The second kappa shape index (κ2) is 9.55. The van der Waals surface area contributed by atoms with Crippen molar-refractivity contribution >= 4 is 33.2 Å². The van der Waals surface area contributed by atoms with E-state index in [4.69, 9.17) is 31.0 Å². The zero-order valence-corrected chi connectivity index (χ0v) is 17.0. The van der Waals surface area contributed by atoms with Crippen LogP contribution in [0.5, 0.6) is 5.75 Å². The highest BCUT2D eigenvalue weighted by Gasteiger charge is 2.20. The lowest BCUT2D eigenvalue weighted by molar-refractivity contribution is -0.115. The summed E-state index contributed by atoms with van der Waals surface area (Å²) in [6.45, 7) is 1.44. The van der Waals surface area contributed by atoms with Gasteiger partial charge >= 0.3 is 0 Å². The van der Waals surface area contributed by atoms with E-state index in [0.29, 0.717) is 30.4 Å². The molecule has 1 atom stereocenters. The van der Waals surface area contributed by atoms with Gasteiger partial charge in [-0.25, -0.2) is 13.6 Å². The number of hydrogen-bond donors (Lipinski definition) is 2. The fourth-order valence-electron chi connectivity index (χ4n) is 2.76. The number of sulfonamides is 1. The van der Waals surface area contributed by atoms with E-state index >= 15 is 0 Å². The van der Waals surface area contributed by atoms with Crippen molar-refractivity contribution in [3.8, 4) is 5.75 Å². The lowest BCUT2D eigenvalue weighted by Crippen LogP contribution is -2.33. The third-order valence-electron chi connectivity index (χ3n) is 4.15. The lowest BCUT2D eigenvalue weighted by atomic mass is 10.1. The van der Waals surface area contributed by atoms with Crippen molar-refractivity contribution < 1.29 is 27.4 Å². The number of nitrogens with two attached hydrogens (primary N) is 1. The third kappa shape index (κ3) is 6.15. The van der Waals surface area contributed by atoms with Crippen LogP contribution >= 0.6 is 11.6 Å². The smallest absolute Gasteiger partial charge is 0.241 e. The minimum Gasteiger partial charge on any atom is -0.489 e. The number of ether oxygens (including phenoxy) is 3. The quantitative estimate of drug-likeness (QED) is 0.679. The molecule has 2 aromatic carbocycles. The van der Waals surface area contributed by atoms with E-state index < -0.39 is 10.0 Å². The molecule has 8 nitrogen and oxygen atoms in total. The monoisotopic (exact) mass is 440 g/mol. The molecule has 0 radical (unpaired) electrons. The summed E-state index contributed by atoms with van der Waals surface area (Å²) in [7, 11) is -4.08. The molecule has 1 unspecified atom stereocenters. The van der Waals surface area contributed by atoms with Gasteiger partial charge in [0.2, 0.25) is 15.9 Å². The summed E-state index contributed by atoms with van der Waals surface area (Å²) in [5, 5.41) is 8.44. The van der Waals surface area contributed by atoms with E-state index in [1.807, 2.05) is 0 Å². The van der Waals surface area contributed by atoms with E-state index in [9.17, 15) is 13.2 Å². The Labute approximate surface area is 173 Å². The molecule has 1 fully saturated rings. The highest BCUT2D eigenvalue weighted by molar-refractivity contribution is 7.89. The van der Waals surface area contributed by atoms with Gasteiger partial charge in [-0.1, -0.05) is 29.8 Å². The first-order chi connectivity index (χ1) is 13.8. The minimum atomic E-state index is -4.08.